The van der Waals surface area contributed by atoms with Crippen LogP contribution in [0.1, 0.15) is 91.9 Å². The van der Waals surface area contributed by atoms with Crippen LogP contribution in [0.2, 0.25) is 0 Å². The Morgan fingerprint density at radius 3 is 2.50 bits per heavy atom. The maximum atomic E-state index is 12.2. The van der Waals surface area contributed by atoms with Gasteiger partial charge in [-0.05, 0) is 104 Å². The first-order valence-electron chi connectivity index (χ1n) is 14.1. The lowest BCUT2D eigenvalue weighted by molar-refractivity contribution is -0.201. The van der Waals surface area contributed by atoms with Gasteiger partial charge >= 0.3 is 0 Å². The summed E-state index contributed by atoms with van der Waals surface area (Å²) < 4.78 is 0. The number of carbonyl (C=O) groups excluding carboxylic acids is 1. The van der Waals surface area contributed by atoms with Crippen molar-refractivity contribution in [2.75, 3.05) is 5.88 Å². The van der Waals surface area contributed by atoms with Gasteiger partial charge in [-0.1, -0.05) is 27.7 Å². The minimum absolute atomic E-state index is 0.0107. The van der Waals surface area contributed by atoms with Crippen LogP contribution in [0.5, 0.6) is 0 Å². The Morgan fingerprint density at radius 2 is 1.85 bits per heavy atom. The van der Waals surface area contributed by atoms with Crippen LogP contribution in [0.25, 0.3) is 0 Å². The van der Waals surface area contributed by atoms with Crippen LogP contribution < -0.4 is 0 Å². The van der Waals surface area contributed by atoms with Crippen LogP contribution >= 0.6 is 11.6 Å². The quantitative estimate of drug-likeness (QED) is 0.443. The summed E-state index contributed by atoms with van der Waals surface area (Å²) >= 11 is 6.47. The molecule has 5 fully saturated rings. The van der Waals surface area contributed by atoms with E-state index in [2.05, 4.69) is 27.7 Å². The second-order valence-electron chi connectivity index (χ2n) is 13.9. The van der Waals surface area contributed by atoms with Crippen LogP contribution in [0.3, 0.4) is 0 Å². The van der Waals surface area contributed by atoms with E-state index in [1.54, 1.807) is 0 Å². The van der Waals surface area contributed by atoms with Crippen molar-refractivity contribution in [1.82, 2.24) is 0 Å². The van der Waals surface area contributed by atoms with Crippen LogP contribution in [0, 0.1) is 58.2 Å². The Hall–Kier alpha value is -0.160. The summed E-state index contributed by atoms with van der Waals surface area (Å²) in [5.74, 6) is 3.71. The second kappa shape index (κ2) is 8.71. The number of hydrogen-bond donors (Lipinski definition) is 3. The number of rotatable bonds is 6. The second-order valence-corrected chi connectivity index (χ2v) is 14.1. The molecule has 194 valence electrons. The van der Waals surface area contributed by atoms with Crippen molar-refractivity contribution in [1.29, 1.82) is 0 Å². The molecular weight excluding hydrogens is 448 g/mol. The monoisotopic (exact) mass is 494 g/mol. The van der Waals surface area contributed by atoms with E-state index in [4.69, 9.17) is 11.6 Å². The van der Waals surface area contributed by atoms with Crippen LogP contribution in [-0.2, 0) is 4.79 Å². The van der Waals surface area contributed by atoms with E-state index < -0.39 is 23.2 Å². The highest BCUT2D eigenvalue weighted by molar-refractivity contribution is 6.18. The molecule has 0 bridgehead atoms. The van der Waals surface area contributed by atoms with Gasteiger partial charge in [0.05, 0.1) is 18.1 Å². The Balaban J connectivity index is 1.39. The van der Waals surface area contributed by atoms with Gasteiger partial charge in [-0.3, -0.25) is 4.79 Å². The molecule has 5 aliphatic carbocycles. The highest BCUT2D eigenvalue weighted by Gasteiger charge is 2.67. The minimum Gasteiger partial charge on any atom is -0.393 e. The Morgan fingerprint density at radius 1 is 1.15 bits per heavy atom. The third-order valence-electron chi connectivity index (χ3n) is 12.5. The van der Waals surface area contributed by atoms with Gasteiger partial charge in [-0.25, -0.2) is 0 Å². The van der Waals surface area contributed by atoms with Crippen molar-refractivity contribution in [3.8, 4) is 0 Å². The molecule has 0 aromatic carbocycles. The van der Waals surface area contributed by atoms with Crippen LogP contribution in [0.4, 0.5) is 0 Å². The summed E-state index contributed by atoms with van der Waals surface area (Å²) in [6, 6.07) is 0. The molecule has 13 atom stereocenters. The zero-order chi connectivity index (χ0) is 24.6. The van der Waals surface area contributed by atoms with E-state index in [1.165, 1.54) is 6.42 Å². The van der Waals surface area contributed by atoms with Crippen molar-refractivity contribution in [2.24, 2.45) is 58.2 Å². The molecule has 34 heavy (non-hydrogen) atoms. The summed E-state index contributed by atoms with van der Waals surface area (Å²) in [7, 11) is 0. The van der Waals surface area contributed by atoms with Crippen LogP contribution in [0.15, 0.2) is 0 Å². The van der Waals surface area contributed by atoms with E-state index in [1.807, 2.05) is 0 Å². The number of halogens is 1. The first-order valence-corrected chi connectivity index (χ1v) is 14.7. The summed E-state index contributed by atoms with van der Waals surface area (Å²) in [6.07, 6.45) is 7.55. The fourth-order valence-corrected chi connectivity index (χ4v) is 10.5. The molecule has 5 rings (SSSR count). The zero-order valence-corrected chi connectivity index (χ0v) is 22.4. The third-order valence-corrected chi connectivity index (χ3v) is 12.9. The number of hydrogen-bond acceptors (Lipinski definition) is 4. The fourth-order valence-electron chi connectivity index (χ4n) is 10.1. The molecule has 0 saturated heterocycles. The maximum absolute atomic E-state index is 12.2. The lowest BCUT2D eigenvalue weighted by Gasteiger charge is -2.62. The molecule has 0 spiro atoms. The maximum Gasteiger partial charge on any atom is 0.133 e. The third kappa shape index (κ3) is 3.67. The van der Waals surface area contributed by atoms with Crippen molar-refractivity contribution in [3.63, 3.8) is 0 Å². The average molecular weight is 495 g/mol. The molecule has 0 aromatic heterocycles. The standard InChI is InChI=1S/C29H47ClO4/c1-16-11-21(16)17(2)12-26(33)29(34,15-30)24-8-7-22-20-6-5-18-13-19(31)9-10-27(18,3)23(20)14-25(32)28(22,24)4/h16-18,20-26,32-34H,5-15H2,1-4H3/t16-,17-,18+,20+,21+,22+,23+,24+,25-,26-,27+,28+,29+/m1/s1. The minimum atomic E-state index is -1.37. The molecule has 5 heteroatoms. The molecule has 0 aromatic rings. The summed E-state index contributed by atoms with van der Waals surface area (Å²) in [4.78, 5) is 12.2. The van der Waals surface area contributed by atoms with Gasteiger partial charge < -0.3 is 15.3 Å². The van der Waals surface area contributed by atoms with Crippen molar-refractivity contribution < 1.29 is 20.1 Å². The number of aliphatic hydroxyl groups is 3. The lowest BCUT2D eigenvalue weighted by Crippen LogP contribution is -2.63. The SMILES string of the molecule is C[C@@H]1C[C@@H]1[C@H](C)C[C@@H](O)[C@](O)(CCl)[C@H]1CC[C@H]2[C@@H]3CC[C@H]4CC(=O)CC[C@]4(C)[C@H]3C[C@@H](O)[C@]12C. The van der Waals surface area contributed by atoms with Gasteiger partial charge in [0.1, 0.15) is 11.4 Å². The smallest absolute Gasteiger partial charge is 0.133 e. The normalized spacial score (nSPS) is 51.6. The van der Waals surface area contributed by atoms with Crippen molar-refractivity contribution in [2.45, 2.75) is 110 Å². The van der Waals surface area contributed by atoms with E-state index >= 15 is 0 Å². The lowest BCUT2D eigenvalue weighted by atomic mass is 9.43. The molecule has 4 nitrogen and oxygen atoms in total. The van der Waals surface area contributed by atoms with Crippen LogP contribution in [-0.4, -0.2) is 44.8 Å². The Labute approximate surface area is 211 Å². The molecule has 3 N–H and O–H groups in total. The first kappa shape index (κ1) is 25.5. The molecule has 0 radical (unpaired) electrons. The largest absolute Gasteiger partial charge is 0.393 e. The van der Waals surface area contributed by atoms with Gasteiger partial charge in [0, 0.05) is 18.3 Å². The molecule has 5 aliphatic rings. The molecule has 5 saturated carbocycles. The molecule has 0 unspecified atom stereocenters. The van der Waals surface area contributed by atoms with E-state index in [0.29, 0.717) is 60.1 Å². The zero-order valence-electron chi connectivity index (χ0n) is 21.7. The summed E-state index contributed by atoms with van der Waals surface area (Å²) in [5.41, 5.74) is -1.67. The average Bonchev–Trinajstić information content (AvgIpc) is 3.42. The van der Waals surface area contributed by atoms with E-state index in [-0.39, 0.29) is 17.2 Å². The number of aliphatic hydroxyl groups excluding tert-OH is 2. The van der Waals surface area contributed by atoms with Crippen molar-refractivity contribution >= 4 is 17.4 Å². The van der Waals surface area contributed by atoms with Gasteiger partial charge in [0.15, 0.2) is 0 Å². The number of alkyl halides is 1. The number of Topliss-reactive ketones (excluding diaryl/α,β-unsaturated/α-hetero) is 1. The topological polar surface area (TPSA) is 77.8 Å². The van der Waals surface area contributed by atoms with Gasteiger partial charge in [-0.2, -0.15) is 0 Å². The predicted octanol–water partition coefficient (Wildman–Crippen LogP) is 5.20. The summed E-state index contributed by atoms with van der Waals surface area (Å²) in [6.45, 7) is 9.03. The molecule has 0 heterocycles. The highest BCUT2D eigenvalue weighted by Crippen LogP contribution is 2.68. The van der Waals surface area contributed by atoms with E-state index in [9.17, 15) is 20.1 Å². The van der Waals surface area contributed by atoms with E-state index in [0.717, 1.165) is 44.9 Å². The highest BCUT2D eigenvalue weighted by atomic mass is 35.5. The van der Waals surface area contributed by atoms with Crippen molar-refractivity contribution in [3.05, 3.63) is 0 Å². The first-order chi connectivity index (χ1) is 16.0. The molecule has 0 aliphatic heterocycles. The number of fused-ring (bicyclic) bond motifs is 5. The van der Waals surface area contributed by atoms with Gasteiger partial charge in [-0.15, -0.1) is 11.6 Å². The molecule has 0 amide bonds. The predicted molar refractivity (Wildman–Crippen MR) is 134 cm³/mol. The molecular formula is C29H47ClO4. The van der Waals surface area contributed by atoms with Gasteiger partial charge in [0.25, 0.3) is 0 Å². The fraction of sp³-hybridized carbons (Fsp3) is 0.966. The Kier molecular flexibility index (Phi) is 6.53. The van der Waals surface area contributed by atoms with Gasteiger partial charge in [0.2, 0.25) is 0 Å². The number of carbonyl (C=O) groups is 1. The number of ketones is 1. The summed E-state index contributed by atoms with van der Waals surface area (Å²) in [5, 5.41) is 35.1. The Bertz CT molecular complexity index is 803.